The zero-order valence-corrected chi connectivity index (χ0v) is 14.0. The molecule has 3 heteroatoms. The van der Waals surface area contributed by atoms with E-state index in [0.29, 0.717) is 5.56 Å². The molecule has 4 rings (SSSR count). The SMILES string of the molecule is COC(=O)c1cc2ccccc2c(C2(C=O)CC2)c1-c1ccccc1. The van der Waals surface area contributed by atoms with Gasteiger partial charge >= 0.3 is 5.97 Å². The molecule has 25 heavy (non-hydrogen) atoms. The monoisotopic (exact) mass is 330 g/mol. The van der Waals surface area contributed by atoms with Gasteiger partial charge in [-0.3, -0.25) is 0 Å². The summed E-state index contributed by atoms with van der Waals surface area (Å²) in [5, 5.41) is 1.98. The van der Waals surface area contributed by atoms with E-state index in [9.17, 15) is 9.59 Å². The number of fused-ring (bicyclic) bond motifs is 1. The molecular formula is C22H18O3. The number of hydrogen-bond donors (Lipinski definition) is 0. The number of carbonyl (C=O) groups excluding carboxylic acids is 2. The Morgan fingerprint density at radius 2 is 1.72 bits per heavy atom. The lowest BCUT2D eigenvalue weighted by Gasteiger charge is -2.21. The summed E-state index contributed by atoms with van der Waals surface area (Å²) >= 11 is 0. The van der Waals surface area contributed by atoms with Crippen LogP contribution in [0.5, 0.6) is 0 Å². The average molecular weight is 330 g/mol. The van der Waals surface area contributed by atoms with Crippen molar-refractivity contribution in [2.24, 2.45) is 0 Å². The summed E-state index contributed by atoms with van der Waals surface area (Å²) in [5.74, 6) is -0.382. The maximum Gasteiger partial charge on any atom is 0.338 e. The molecule has 0 saturated heterocycles. The summed E-state index contributed by atoms with van der Waals surface area (Å²) in [4.78, 5) is 24.5. The first kappa shape index (κ1) is 15.6. The molecule has 0 heterocycles. The summed E-state index contributed by atoms with van der Waals surface area (Å²) in [5.41, 5.74) is 2.70. The standard InChI is InChI=1S/C22H18O3/c1-25-21(24)18-13-16-9-5-6-10-17(16)20(22(14-23)11-12-22)19(18)15-7-3-2-4-8-15/h2-10,13-14H,11-12H2,1H3. The molecular weight excluding hydrogens is 312 g/mol. The van der Waals surface area contributed by atoms with Crippen LogP contribution in [0.25, 0.3) is 21.9 Å². The topological polar surface area (TPSA) is 43.4 Å². The van der Waals surface area contributed by atoms with E-state index >= 15 is 0 Å². The molecule has 0 amide bonds. The van der Waals surface area contributed by atoms with Crippen molar-refractivity contribution in [3.05, 3.63) is 71.8 Å². The Morgan fingerprint density at radius 1 is 1.04 bits per heavy atom. The number of ether oxygens (including phenoxy) is 1. The van der Waals surface area contributed by atoms with E-state index < -0.39 is 5.41 Å². The van der Waals surface area contributed by atoms with Gasteiger partial charge in [0.1, 0.15) is 6.29 Å². The van der Waals surface area contributed by atoms with Gasteiger partial charge in [-0.05, 0) is 40.8 Å². The third-order valence-corrected chi connectivity index (χ3v) is 5.03. The molecule has 1 fully saturated rings. The Hall–Kier alpha value is -2.94. The van der Waals surface area contributed by atoms with Crippen LogP contribution in [-0.4, -0.2) is 19.4 Å². The molecule has 3 nitrogen and oxygen atoms in total. The van der Waals surface area contributed by atoms with Crippen LogP contribution >= 0.6 is 0 Å². The minimum atomic E-state index is -0.505. The van der Waals surface area contributed by atoms with Gasteiger partial charge in [0.05, 0.1) is 18.1 Å². The van der Waals surface area contributed by atoms with E-state index in [4.69, 9.17) is 4.74 Å². The molecule has 1 saturated carbocycles. The van der Waals surface area contributed by atoms with Crippen molar-refractivity contribution in [2.75, 3.05) is 7.11 Å². The van der Waals surface area contributed by atoms with E-state index in [1.54, 1.807) is 0 Å². The van der Waals surface area contributed by atoms with Gasteiger partial charge in [0.25, 0.3) is 0 Å². The Bertz CT molecular complexity index is 969. The van der Waals surface area contributed by atoms with Gasteiger partial charge in [-0.2, -0.15) is 0 Å². The minimum absolute atomic E-state index is 0.382. The van der Waals surface area contributed by atoms with Gasteiger partial charge in [0.2, 0.25) is 0 Å². The third kappa shape index (κ3) is 2.43. The first-order valence-corrected chi connectivity index (χ1v) is 8.36. The number of hydrogen-bond acceptors (Lipinski definition) is 3. The normalized spacial score (nSPS) is 14.9. The third-order valence-electron chi connectivity index (χ3n) is 5.03. The van der Waals surface area contributed by atoms with Crippen molar-refractivity contribution in [3.63, 3.8) is 0 Å². The van der Waals surface area contributed by atoms with Crippen molar-refractivity contribution in [2.45, 2.75) is 18.3 Å². The highest BCUT2D eigenvalue weighted by Gasteiger charge is 2.47. The first-order chi connectivity index (χ1) is 12.2. The highest BCUT2D eigenvalue weighted by atomic mass is 16.5. The molecule has 1 aliphatic carbocycles. The van der Waals surface area contributed by atoms with E-state index in [0.717, 1.165) is 46.6 Å². The van der Waals surface area contributed by atoms with Crippen LogP contribution in [0.15, 0.2) is 60.7 Å². The quantitative estimate of drug-likeness (QED) is 0.522. The van der Waals surface area contributed by atoms with Crippen molar-refractivity contribution in [1.82, 2.24) is 0 Å². The van der Waals surface area contributed by atoms with E-state index in [2.05, 4.69) is 0 Å². The average Bonchev–Trinajstić information content (AvgIpc) is 3.47. The van der Waals surface area contributed by atoms with Crippen LogP contribution in [0.1, 0.15) is 28.8 Å². The lowest BCUT2D eigenvalue weighted by molar-refractivity contribution is -0.109. The number of aldehydes is 1. The second-order valence-corrected chi connectivity index (χ2v) is 6.53. The highest BCUT2D eigenvalue weighted by molar-refractivity contribution is 6.07. The first-order valence-electron chi connectivity index (χ1n) is 8.36. The lowest BCUT2D eigenvalue weighted by atomic mass is 9.82. The summed E-state index contributed by atoms with van der Waals surface area (Å²) in [6.45, 7) is 0. The molecule has 0 aromatic heterocycles. The summed E-state index contributed by atoms with van der Waals surface area (Å²) in [6, 6.07) is 19.5. The molecule has 0 atom stereocenters. The lowest BCUT2D eigenvalue weighted by Crippen LogP contribution is -2.14. The van der Waals surface area contributed by atoms with Gasteiger partial charge in [0, 0.05) is 5.56 Å². The fourth-order valence-corrected chi connectivity index (χ4v) is 3.60. The molecule has 124 valence electrons. The zero-order valence-electron chi connectivity index (χ0n) is 14.0. The Kier molecular flexibility index (Phi) is 3.65. The molecule has 0 aliphatic heterocycles. The van der Waals surface area contributed by atoms with Crippen molar-refractivity contribution < 1.29 is 14.3 Å². The maximum absolute atomic E-state index is 12.5. The summed E-state index contributed by atoms with van der Waals surface area (Å²) in [6.07, 6.45) is 2.66. The molecule has 0 radical (unpaired) electrons. The van der Waals surface area contributed by atoms with E-state index in [1.165, 1.54) is 7.11 Å². The van der Waals surface area contributed by atoms with Crippen molar-refractivity contribution in [3.8, 4) is 11.1 Å². The fraction of sp³-hybridized carbons (Fsp3) is 0.182. The summed E-state index contributed by atoms with van der Waals surface area (Å²) in [7, 11) is 1.39. The molecule has 0 unspecified atom stereocenters. The second-order valence-electron chi connectivity index (χ2n) is 6.53. The van der Waals surface area contributed by atoms with Crippen LogP contribution in [0.4, 0.5) is 0 Å². The number of carbonyl (C=O) groups is 2. The van der Waals surface area contributed by atoms with Crippen LogP contribution < -0.4 is 0 Å². The van der Waals surface area contributed by atoms with Gasteiger partial charge in [-0.25, -0.2) is 4.79 Å². The van der Waals surface area contributed by atoms with Crippen LogP contribution in [0.3, 0.4) is 0 Å². The van der Waals surface area contributed by atoms with Gasteiger partial charge in [0.15, 0.2) is 0 Å². The van der Waals surface area contributed by atoms with E-state index in [-0.39, 0.29) is 5.97 Å². The van der Waals surface area contributed by atoms with Crippen LogP contribution in [0.2, 0.25) is 0 Å². The predicted octanol–water partition coefficient (Wildman–Crippen LogP) is 4.52. The zero-order chi connectivity index (χ0) is 17.4. The molecule has 3 aromatic carbocycles. The molecule has 1 aliphatic rings. The second kappa shape index (κ2) is 5.85. The molecule has 0 bridgehead atoms. The van der Waals surface area contributed by atoms with Gasteiger partial charge < -0.3 is 9.53 Å². The summed E-state index contributed by atoms with van der Waals surface area (Å²) < 4.78 is 5.04. The largest absolute Gasteiger partial charge is 0.465 e. The Morgan fingerprint density at radius 3 is 2.36 bits per heavy atom. The number of rotatable bonds is 4. The number of esters is 1. The minimum Gasteiger partial charge on any atom is -0.465 e. The molecule has 0 N–H and O–H groups in total. The smallest absolute Gasteiger partial charge is 0.338 e. The molecule has 0 spiro atoms. The van der Waals surface area contributed by atoms with Crippen molar-refractivity contribution in [1.29, 1.82) is 0 Å². The predicted molar refractivity (Wildman–Crippen MR) is 97.7 cm³/mol. The number of benzene rings is 3. The fourth-order valence-electron chi connectivity index (χ4n) is 3.60. The van der Waals surface area contributed by atoms with Crippen molar-refractivity contribution >= 4 is 23.0 Å². The van der Waals surface area contributed by atoms with Crippen LogP contribution in [-0.2, 0) is 14.9 Å². The Balaban J connectivity index is 2.17. The van der Waals surface area contributed by atoms with Gasteiger partial charge in [-0.15, -0.1) is 0 Å². The molecule has 3 aromatic rings. The van der Waals surface area contributed by atoms with Crippen LogP contribution in [0, 0.1) is 0 Å². The Labute approximate surface area is 146 Å². The van der Waals surface area contributed by atoms with E-state index in [1.807, 2.05) is 60.7 Å². The maximum atomic E-state index is 12.5. The highest BCUT2D eigenvalue weighted by Crippen LogP contribution is 2.53. The number of methoxy groups -OCH3 is 1. The van der Waals surface area contributed by atoms with Gasteiger partial charge in [-0.1, -0.05) is 54.6 Å².